The number of rotatable bonds is 1. The number of anilines is 1. The summed E-state index contributed by atoms with van der Waals surface area (Å²) in [5, 5.41) is 0. The average molecular weight is 234 g/mol. The molecule has 1 aliphatic rings. The van der Waals surface area contributed by atoms with Gasteiger partial charge in [-0.15, -0.1) is 0 Å². The summed E-state index contributed by atoms with van der Waals surface area (Å²) in [5.41, 5.74) is 6.93. The molecule has 0 aromatic heterocycles. The van der Waals surface area contributed by atoms with Crippen LogP contribution >= 0.6 is 0 Å². The fourth-order valence-corrected chi connectivity index (χ4v) is 2.21. The number of benzene rings is 1. The lowest BCUT2D eigenvalue weighted by Gasteiger charge is -2.35. The minimum absolute atomic E-state index is 0.00917. The molecule has 2 rings (SSSR count). The van der Waals surface area contributed by atoms with Gasteiger partial charge in [0, 0.05) is 18.8 Å². The predicted octanol–water partition coefficient (Wildman–Crippen LogP) is 1.52. The Labute approximate surface area is 101 Å². The van der Waals surface area contributed by atoms with Crippen LogP contribution in [-0.2, 0) is 4.74 Å². The van der Waals surface area contributed by atoms with E-state index in [9.17, 15) is 4.79 Å². The summed E-state index contributed by atoms with van der Waals surface area (Å²) < 4.78 is 5.61. The summed E-state index contributed by atoms with van der Waals surface area (Å²) in [7, 11) is 0. The van der Waals surface area contributed by atoms with Crippen molar-refractivity contribution >= 4 is 11.6 Å². The zero-order valence-corrected chi connectivity index (χ0v) is 10.2. The van der Waals surface area contributed by atoms with Crippen LogP contribution in [0.5, 0.6) is 0 Å². The number of morpholine rings is 1. The van der Waals surface area contributed by atoms with Gasteiger partial charge in [-0.25, -0.2) is 0 Å². The van der Waals surface area contributed by atoms with E-state index in [2.05, 4.69) is 0 Å². The molecule has 1 aromatic rings. The second-order valence-electron chi connectivity index (χ2n) is 4.55. The smallest absolute Gasteiger partial charge is 0.256 e. The molecule has 0 radical (unpaired) electrons. The first-order valence-corrected chi connectivity index (χ1v) is 5.87. The van der Waals surface area contributed by atoms with Crippen LogP contribution in [0, 0.1) is 0 Å². The standard InChI is InChI=1S/C13H18N2O2/c1-9-7-15(8-10(2)17-9)13(16)11-5-3-4-6-12(11)14/h3-6,9-10H,7-8,14H2,1-2H3/t9-,10-/m0/s1. The molecule has 1 fully saturated rings. The van der Waals surface area contributed by atoms with Gasteiger partial charge in [-0.1, -0.05) is 12.1 Å². The second kappa shape index (κ2) is 4.75. The number of nitrogens with zero attached hydrogens (tertiary/aromatic N) is 1. The van der Waals surface area contributed by atoms with Crippen molar-refractivity contribution in [2.75, 3.05) is 18.8 Å². The van der Waals surface area contributed by atoms with E-state index in [1.54, 1.807) is 12.1 Å². The highest BCUT2D eigenvalue weighted by Gasteiger charge is 2.27. The van der Waals surface area contributed by atoms with E-state index in [-0.39, 0.29) is 18.1 Å². The minimum atomic E-state index is -0.00917. The molecule has 0 unspecified atom stereocenters. The van der Waals surface area contributed by atoms with Crippen LogP contribution in [0.25, 0.3) is 0 Å². The molecular weight excluding hydrogens is 216 g/mol. The molecule has 1 amide bonds. The molecule has 2 N–H and O–H groups in total. The van der Waals surface area contributed by atoms with Gasteiger partial charge in [0.1, 0.15) is 0 Å². The Kier molecular flexibility index (Phi) is 3.33. The van der Waals surface area contributed by atoms with Crippen molar-refractivity contribution in [1.29, 1.82) is 0 Å². The Morgan fingerprint density at radius 2 is 1.88 bits per heavy atom. The third-order valence-corrected chi connectivity index (χ3v) is 2.90. The lowest BCUT2D eigenvalue weighted by Crippen LogP contribution is -2.48. The number of para-hydroxylation sites is 1. The summed E-state index contributed by atoms with van der Waals surface area (Å²) in [5.74, 6) is -0.00917. The molecule has 0 spiro atoms. The molecule has 1 aromatic carbocycles. The third kappa shape index (κ3) is 2.58. The lowest BCUT2D eigenvalue weighted by molar-refractivity contribution is -0.0585. The van der Waals surface area contributed by atoms with Gasteiger partial charge in [-0.05, 0) is 26.0 Å². The van der Waals surface area contributed by atoms with Crippen LogP contribution in [0.4, 0.5) is 5.69 Å². The highest BCUT2D eigenvalue weighted by Crippen LogP contribution is 2.17. The number of hydrogen-bond acceptors (Lipinski definition) is 3. The highest BCUT2D eigenvalue weighted by molar-refractivity contribution is 5.99. The number of hydrogen-bond donors (Lipinski definition) is 1. The fourth-order valence-electron chi connectivity index (χ4n) is 2.21. The number of carbonyl (C=O) groups excluding carboxylic acids is 1. The number of amides is 1. The summed E-state index contributed by atoms with van der Waals surface area (Å²) in [6.45, 7) is 5.20. The van der Waals surface area contributed by atoms with E-state index >= 15 is 0 Å². The molecule has 92 valence electrons. The van der Waals surface area contributed by atoms with Crippen LogP contribution in [0.15, 0.2) is 24.3 Å². The Morgan fingerprint density at radius 1 is 1.29 bits per heavy atom. The molecule has 1 saturated heterocycles. The molecule has 0 bridgehead atoms. The van der Waals surface area contributed by atoms with E-state index < -0.39 is 0 Å². The second-order valence-corrected chi connectivity index (χ2v) is 4.55. The molecule has 0 saturated carbocycles. The van der Waals surface area contributed by atoms with E-state index in [1.165, 1.54) is 0 Å². The summed E-state index contributed by atoms with van der Waals surface area (Å²) in [4.78, 5) is 14.1. The first kappa shape index (κ1) is 11.9. The van der Waals surface area contributed by atoms with Gasteiger partial charge in [0.05, 0.1) is 17.8 Å². The molecule has 2 atom stereocenters. The molecule has 1 heterocycles. The first-order valence-electron chi connectivity index (χ1n) is 5.87. The van der Waals surface area contributed by atoms with Crippen LogP contribution in [0.2, 0.25) is 0 Å². The van der Waals surface area contributed by atoms with Crippen molar-refractivity contribution in [2.24, 2.45) is 0 Å². The van der Waals surface area contributed by atoms with Gasteiger partial charge in [-0.3, -0.25) is 4.79 Å². The lowest BCUT2D eigenvalue weighted by atomic mass is 10.1. The van der Waals surface area contributed by atoms with E-state index in [4.69, 9.17) is 10.5 Å². The van der Waals surface area contributed by atoms with Gasteiger partial charge in [0.2, 0.25) is 0 Å². The van der Waals surface area contributed by atoms with Crippen molar-refractivity contribution in [3.63, 3.8) is 0 Å². The maximum absolute atomic E-state index is 12.3. The van der Waals surface area contributed by atoms with Crippen molar-refractivity contribution in [2.45, 2.75) is 26.1 Å². The molecule has 4 nitrogen and oxygen atoms in total. The van der Waals surface area contributed by atoms with Crippen LogP contribution in [-0.4, -0.2) is 36.1 Å². The third-order valence-electron chi connectivity index (χ3n) is 2.90. The topological polar surface area (TPSA) is 55.6 Å². The SMILES string of the molecule is C[C@H]1CN(C(=O)c2ccccc2N)C[C@H](C)O1. The van der Waals surface area contributed by atoms with Crippen molar-refractivity contribution in [1.82, 2.24) is 4.90 Å². The molecule has 0 aliphatic carbocycles. The van der Waals surface area contributed by atoms with Gasteiger partial charge in [0.25, 0.3) is 5.91 Å². The monoisotopic (exact) mass is 234 g/mol. The number of nitrogens with two attached hydrogens (primary N) is 1. The first-order chi connectivity index (χ1) is 8.08. The Bertz CT molecular complexity index is 410. The predicted molar refractivity (Wildman–Crippen MR) is 66.8 cm³/mol. The van der Waals surface area contributed by atoms with Gasteiger partial charge in [0.15, 0.2) is 0 Å². The maximum atomic E-state index is 12.3. The van der Waals surface area contributed by atoms with Crippen molar-refractivity contribution in [3.05, 3.63) is 29.8 Å². The van der Waals surface area contributed by atoms with Gasteiger partial charge >= 0.3 is 0 Å². The quantitative estimate of drug-likeness (QED) is 0.749. The highest BCUT2D eigenvalue weighted by atomic mass is 16.5. The Morgan fingerprint density at radius 3 is 2.47 bits per heavy atom. The summed E-state index contributed by atoms with van der Waals surface area (Å²) >= 11 is 0. The zero-order valence-electron chi connectivity index (χ0n) is 10.2. The summed E-state index contributed by atoms with van der Waals surface area (Å²) in [6.07, 6.45) is 0.153. The van der Waals surface area contributed by atoms with Gasteiger partial charge in [-0.2, -0.15) is 0 Å². The molecule has 17 heavy (non-hydrogen) atoms. The van der Waals surface area contributed by atoms with Crippen molar-refractivity contribution in [3.8, 4) is 0 Å². The van der Waals surface area contributed by atoms with E-state index in [1.807, 2.05) is 30.9 Å². The van der Waals surface area contributed by atoms with Crippen LogP contribution in [0.3, 0.4) is 0 Å². The maximum Gasteiger partial charge on any atom is 0.256 e. The van der Waals surface area contributed by atoms with Crippen molar-refractivity contribution < 1.29 is 9.53 Å². The normalized spacial score (nSPS) is 24.7. The van der Waals surface area contributed by atoms with E-state index in [0.717, 1.165) is 0 Å². The molecular formula is C13H18N2O2. The van der Waals surface area contributed by atoms with Crippen LogP contribution in [0.1, 0.15) is 24.2 Å². The van der Waals surface area contributed by atoms with E-state index in [0.29, 0.717) is 24.3 Å². The van der Waals surface area contributed by atoms with Gasteiger partial charge < -0.3 is 15.4 Å². The molecule has 1 aliphatic heterocycles. The van der Waals surface area contributed by atoms with Crippen LogP contribution < -0.4 is 5.73 Å². The molecule has 4 heteroatoms. The number of nitrogen functional groups attached to an aromatic ring is 1. The fraction of sp³-hybridized carbons (Fsp3) is 0.462. The largest absolute Gasteiger partial charge is 0.398 e. The summed E-state index contributed by atoms with van der Waals surface area (Å²) in [6, 6.07) is 7.18. The number of carbonyl (C=O) groups is 1. The Balaban J connectivity index is 2.17. The number of ether oxygens (including phenoxy) is 1. The minimum Gasteiger partial charge on any atom is -0.398 e. The zero-order chi connectivity index (χ0) is 12.4. The average Bonchev–Trinajstić information content (AvgIpc) is 2.27. The Hall–Kier alpha value is -1.55.